The van der Waals surface area contributed by atoms with Gasteiger partial charge in [0.05, 0.1) is 11.0 Å². The lowest BCUT2D eigenvalue weighted by Crippen LogP contribution is -2.34. The molecule has 0 bridgehead atoms. The Morgan fingerprint density at radius 2 is 1.96 bits per heavy atom. The molecule has 1 amide bonds. The average molecular weight is 409 g/mol. The maximum absolute atomic E-state index is 13.0. The highest BCUT2D eigenvalue weighted by Gasteiger charge is 2.35. The van der Waals surface area contributed by atoms with Crippen LogP contribution in [-0.2, 0) is 22.7 Å². The molecular formula is C19H21ClN2O4S. The van der Waals surface area contributed by atoms with Crippen LogP contribution in [-0.4, -0.2) is 43.2 Å². The van der Waals surface area contributed by atoms with Crippen LogP contribution in [0.15, 0.2) is 28.8 Å². The third-order valence-electron chi connectivity index (χ3n) is 5.43. The molecule has 1 aliphatic heterocycles. The van der Waals surface area contributed by atoms with Crippen molar-refractivity contribution in [3.8, 4) is 0 Å². The van der Waals surface area contributed by atoms with Crippen molar-refractivity contribution in [2.45, 2.75) is 37.4 Å². The molecule has 4 rings (SSSR count). The second-order valence-electron chi connectivity index (χ2n) is 7.10. The zero-order chi connectivity index (χ0) is 19.0. The zero-order valence-corrected chi connectivity index (χ0v) is 16.4. The van der Waals surface area contributed by atoms with Gasteiger partial charge in [-0.25, -0.2) is 8.42 Å². The van der Waals surface area contributed by atoms with Crippen molar-refractivity contribution in [1.29, 1.82) is 0 Å². The van der Waals surface area contributed by atoms with Gasteiger partial charge in [-0.1, -0.05) is 35.0 Å². The lowest BCUT2D eigenvalue weighted by Gasteiger charge is -2.20. The van der Waals surface area contributed by atoms with Crippen LogP contribution < -0.4 is 0 Å². The summed E-state index contributed by atoms with van der Waals surface area (Å²) in [5, 5.41) is 3.74. The van der Waals surface area contributed by atoms with E-state index in [1.807, 2.05) is 0 Å². The average Bonchev–Trinajstić information content (AvgIpc) is 3.02. The van der Waals surface area contributed by atoms with Crippen molar-refractivity contribution in [1.82, 2.24) is 10.1 Å². The Morgan fingerprint density at radius 1 is 1.19 bits per heavy atom. The molecule has 0 spiro atoms. The molecule has 0 saturated carbocycles. The number of nitrogens with zero attached hydrogens (tertiary/aromatic N) is 2. The third kappa shape index (κ3) is 3.50. The number of hydrogen-bond donors (Lipinski definition) is 0. The standard InChI is InChI=1S/C19H21ClN2O4S/c20-15-7-3-1-5-13(15)17-9-10-22(11-12-27(17,24)25)19(23)18-14-6-2-4-8-16(14)26-21-18/h1,3,5,7,17H,2,4,6,8-12H2/t17-/m1/s1. The molecule has 0 unspecified atom stereocenters. The van der Waals surface area contributed by atoms with Gasteiger partial charge in [0.15, 0.2) is 15.5 Å². The highest BCUT2D eigenvalue weighted by molar-refractivity contribution is 7.91. The molecule has 0 radical (unpaired) electrons. The Bertz CT molecular complexity index is 970. The molecule has 27 heavy (non-hydrogen) atoms. The number of sulfone groups is 1. The van der Waals surface area contributed by atoms with E-state index >= 15 is 0 Å². The van der Waals surface area contributed by atoms with E-state index in [0.717, 1.165) is 37.0 Å². The molecule has 1 aromatic carbocycles. The summed E-state index contributed by atoms with van der Waals surface area (Å²) in [6.07, 6.45) is 3.96. The number of benzene rings is 1. The Morgan fingerprint density at radius 3 is 2.78 bits per heavy atom. The Hall–Kier alpha value is -1.86. The number of hydrogen-bond acceptors (Lipinski definition) is 5. The molecule has 1 fully saturated rings. The van der Waals surface area contributed by atoms with Gasteiger partial charge in [0, 0.05) is 30.1 Å². The highest BCUT2D eigenvalue weighted by Crippen LogP contribution is 2.34. The fraction of sp³-hybridized carbons (Fsp3) is 0.474. The van der Waals surface area contributed by atoms with Gasteiger partial charge in [-0.2, -0.15) is 0 Å². The highest BCUT2D eigenvalue weighted by atomic mass is 35.5. The van der Waals surface area contributed by atoms with E-state index in [-0.39, 0.29) is 18.2 Å². The molecular weight excluding hydrogens is 388 g/mol. The summed E-state index contributed by atoms with van der Waals surface area (Å²) in [7, 11) is -3.41. The Balaban J connectivity index is 1.58. The predicted molar refractivity (Wildman–Crippen MR) is 102 cm³/mol. The first-order valence-electron chi connectivity index (χ1n) is 9.20. The Labute approximate surface area is 163 Å². The molecule has 1 aliphatic carbocycles. The van der Waals surface area contributed by atoms with Gasteiger partial charge in [-0.15, -0.1) is 0 Å². The van der Waals surface area contributed by atoms with Crippen molar-refractivity contribution in [2.75, 3.05) is 18.8 Å². The van der Waals surface area contributed by atoms with E-state index in [1.54, 1.807) is 29.2 Å². The van der Waals surface area contributed by atoms with Gasteiger partial charge >= 0.3 is 0 Å². The first-order valence-corrected chi connectivity index (χ1v) is 11.3. The van der Waals surface area contributed by atoms with E-state index in [9.17, 15) is 13.2 Å². The maximum atomic E-state index is 13.0. The number of aromatic nitrogens is 1. The van der Waals surface area contributed by atoms with Gasteiger partial charge < -0.3 is 9.42 Å². The molecule has 1 atom stereocenters. The number of carbonyl (C=O) groups is 1. The molecule has 0 N–H and O–H groups in total. The normalized spacial score (nSPS) is 22.1. The third-order valence-corrected chi connectivity index (χ3v) is 7.88. The van der Waals surface area contributed by atoms with Crippen LogP contribution in [0.4, 0.5) is 0 Å². The first-order chi connectivity index (χ1) is 13.0. The van der Waals surface area contributed by atoms with Gasteiger partial charge in [0.25, 0.3) is 5.91 Å². The van der Waals surface area contributed by atoms with Crippen molar-refractivity contribution in [3.63, 3.8) is 0 Å². The summed E-state index contributed by atoms with van der Waals surface area (Å²) < 4.78 is 31.0. The second-order valence-corrected chi connectivity index (χ2v) is 9.81. The van der Waals surface area contributed by atoms with Gasteiger partial charge in [0.2, 0.25) is 0 Å². The van der Waals surface area contributed by atoms with Crippen LogP contribution in [0.25, 0.3) is 0 Å². The molecule has 1 saturated heterocycles. The number of rotatable bonds is 2. The number of amides is 1. The molecule has 144 valence electrons. The van der Waals surface area contributed by atoms with Crippen LogP contribution in [0.2, 0.25) is 5.02 Å². The SMILES string of the molecule is O=C(c1noc2c1CCCC2)N1CC[C@H](c2ccccc2Cl)S(=O)(=O)CC1. The number of halogens is 1. The molecule has 6 nitrogen and oxygen atoms in total. The minimum atomic E-state index is -3.41. The summed E-state index contributed by atoms with van der Waals surface area (Å²) in [5.74, 6) is 0.465. The summed E-state index contributed by atoms with van der Waals surface area (Å²) in [4.78, 5) is 14.6. The zero-order valence-electron chi connectivity index (χ0n) is 14.9. The van der Waals surface area contributed by atoms with E-state index in [2.05, 4.69) is 5.16 Å². The minimum Gasteiger partial charge on any atom is -0.360 e. The summed E-state index contributed by atoms with van der Waals surface area (Å²) in [5.41, 5.74) is 1.84. The van der Waals surface area contributed by atoms with Gasteiger partial charge in [-0.05, 0) is 37.3 Å². The van der Waals surface area contributed by atoms with E-state index < -0.39 is 15.1 Å². The molecule has 1 aromatic heterocycles. The van der Waals surface area contributed by atoms with Crippen LogP contribution in [0.5, 0.6) is 0 Å². The number of carbonyl (C=O) groups excluding carboxylic acids is 1. The number of aryl methyl sites for hydroxylation is 1. The quantitative estimate of drug-likeness (QED) is 0.762. The summed E-state index contributed by atoms with van der Waals surface area (Å²) in [6, 6.07) is 7.00. The fourth-order valence-corrected chi connectivity index (χ4v) is 6.08. The fourth-order valence-electron chi connectivity index (χ4n) is 3.93. The van der Waals surface area contributed by atoms with Gasteiger partial charge in [0.1, 0.15) is 5.76 Å². The largest absolute Gasteiger partial charge is 0.360 e. The van der Waals surface area contributed by atoms with Crippen LogP contribution in [0.1, 0.15) is 51.9 Å². The molecule has 8 heteroatoms. The van der Waals surface area contributed by atoms with Gasteiger partial charge in [-0.3, -0.25) is 4.79 Å². The summed E-state index contributed by atoms with van der Waals surface area (Å²) in [6.45, 7) is 0.499. The first kappa shape index (κ1) is 18.5. The predicted octanol–water partition coefficient (Wildman–Crippen LogP) is 3.21. The van der Waals surface area contributed by atoms with Crippen molar-refractivity contribution >= 4 is 27.3 Å². The van der Waals surface area contributed by atoms with E-state index in [4.69, 9.17) is 16.1 Å². The molecule has 2 aliphatic rings. The molecule has 2 heterocycles. The lowest BCUT2D eigenvalue weighted by atomic mass is 9.96. The maximum Gasteiger partial charge on any atom is 0.276 e. The summed E-state index contributed by atoms with van der Waals surface area (Å²) >= 11 is 6.23. The number of fused-ring (bicyclic) bond motifs is 1. The smallest absolute Gasteiger partial charge is 0.276 e. The Kier molecular flexibility index (Phi) is 4.99. The van der Waals surface area contributed by atoms with E-state index in [0.29, 0.717) is 29.2 Å². The van der Waals surface area contributed by atoms with Crippen LogP contribution in [0, 0.1) is 0 Å². The minimum absolute atomic E-state index is 0.0886. The van der Waals surface area contributed by atoms with E-state index in [1.165, 1.54) is 0 Å². The van der Waals surface area contributed by atoms with Crippen LogP contribution in [0.3, 0.4) is 0 Å². The van der Waals surface area contributed by atoms with Crippen molar-refractivity contribution in [2.24, 2.45) is 0 Å². The second kappa shape index (κ2) is 7.28. The van der Waals surface area contributed by atoms with Crippen molar-refractivity contribution in [3.05, 3.63) is 51.9 Å². The molecule has 2 aromatic rings. The lowest BCUT2D eigenvalue weighted by molar-refractivity contribution is 0.0755. The van der Waals surface area contributed by atoms with Crippen molar-refractivity contribution < 1.29 is 17.7 Å². The van der Waals surface area contributed by atoms with Crippen LogP contribution >= 0.6 is 11.6 Å². The monoisotopic (exact) mass is 408 g/mol. The topological polar surface area (TPSA) is 80.5 Å².